The van der Waals surface area contributed by atoms with Crippen molar-refractivity contribution in [3.8, 4) is 5.75 Å². The number of carbonyl (C=O) groups is 1. The summed E-state index contributed by atoms with van der Waals surface area (Å²) in [6.45, 7) is -1.12. The van der Waals surface area contributed by atoms with Gasteiger partial charge in [0.25, 0.3) is 0 Å². The van der Waals surface area contributed by atoms with Gasteiger partial charge in [-0.3, -0.25) is 9.48 Å². The minimum absolute atomic E-state index is 0.0523. The normalized spacial score (nSPS) is 10.7. The zero-order valence-corrected chi connectivity index (χ0v) is 12.6. The molecule has 0 saturated heterocycles. The highest BCUT2D eigenvalue weighted by Crippen LogP contribution is 2.22. The number of anilines is 1. The molecule has 112 valence electrons. The SMILES string of the molecule is Cc1cc(OC(F)F)ccc1NC(=O)Cn1cc(Br)cn1. The first-order chi connectivity index (χ1) is 9.94. The van der Waals surface area contributed by atoms with Crippen LogP contribution in [-0.2, 0) is 11.3 Å². The highest BCUT2D eigenvalue weighted by molar-refractivity contribution is 9.10. The molecule has 1 aromatic carbocycles. The number of benzene rings is 1. The molecule has 1 aromatic heterocycles. The van der Waals surface area contributed by atoms with Crippen LogP contribution in [0.4, 0.5) is 14.5 Å². The number of hydrogen-bond acceptors (Lipinski definition) is 3. The second kappa shape index (κ2) is 6.66. The number of hydrogen-bond donors (Lipinski definition) is 1. The maximum Gasteiger partial charge on any atom is 0.387 e. The molecule has 1 amide bonds. The predicted octanol–water partition coefficient (Wildman–Crippen LogP) is 3.19. The van der Waals surface area contributed by atoms with Crippen LogP contribution in [0.2, 0.25) is 0 Å². The third-order valence-corrected chi connectivity index (χ3v) is 3.01. The molecular formula is C13H12BrF2N3O2. The fourth-order valence-corrected chi connectivity index (χ4v) is 2.04. The Kier molecular flexibility index (Phi) is 4.89. The molecular weight excluding hydrogens is 348 g/mol. The summed E-state index contributed by atoms with van der Waals surface area (Å²) in [7, 11) is 0. The van der Waals surface area contributed by atoms with Crippen molar-refractivity contribution >= 4 is 27.5 Å². The van der Waals surface area contributed by atoms with Crippen molar-refractivity contribution in [2.24, 2.45) is 0 Å². The van der Waals surface area contributed by atoms with E-state index in [1.165, 1.54) is 22.9 Å². The maximum absolute atomic E-state index is 12.1. The van der Waals surface area contributed by atoms with Crippen LogP contribution in [0.25, 0.3) is 0 Å². The fourth-order valence-electron chi connectivity index (χ4n) is 1.71. The van der Waals surface area contributed by atoms with E-state index in [-0.39, 0.29) is 18.2 Å². The number of rotatable bonds is 5. The topological polar surface area (TPSA) is 56.1 Å². The van der Waals surface area contributed by atoms with E-state index in [4.69, 9.17) is 0 Å². The standard InChI is InChI=1S/C13H12BrF2N3O2/c1-8-4-10(21-13(15)16)2-3-11(8)18-12(20)7-19-6-9(14)5-17-19/h2-6,13H,7H2,1H3,(H,18,20). The molecule has 0 spiro atoms. The molecule has 1 heterocycles. The molecule has 0 aliphatic heterocycles. The molecule has 1 N–H and O–H groups in total. The van der Waals surface area contributed by atoms with Gasteiger partial charge in [-0.15, -0.1) is 0 Å². The lowest BCUT2D eigenvalue weighted by atomic mass is 10.2. The molecule has 0 aliphatic rings. The Labute approximate surface area is 128 Å². The zero-order chi connectivity index (χ0) is 15.4. The van der Waals surface area contributed by atoms with E-state index in [2.05, 4.69) is 31.1 Å². The van der Waals surface area contributed by atoms with Crippen LogP contribution in [0, 0.1) is 6.92 Å². The number of carbonyl (C=O) groups excluding carboxylic acids is 1. The van der Waals surface area contributed by atoms with Crippen molar-refractivity contribution in [3.05, 3.63) is 40.6 Å². The molecule has 2 aromatic rings. The van der Waals surface area contributed by atoms with Crippen LogP contribution in [0.15, 0.2) is 35.1 Å². The molecule has 0 aliphatic carbocycles. The smallest absolute Gasteiger partial charge is 0.387 e. The Balaban J connectivity index is 2.00. The van der Waals surface area contributed by atoms with Gasteiger partial charge in [-0.1, -0.05) is 0 Å². The second-order valence-electron chi connectivity index (χ2n) is 4.26. The number of amides is 1. The summed E-state index contributed by atoms with van der Waals surface area (Å²) in [6, 6.07) is 4.33. The van der Waals surface area contributed by atoms with Crippen LogP contribution in [0.5, 0.6) is 5.75 Å². The van der Waals surface area contributed by atoms with Gasteiger partial charge in [-0.05, 0) is 46.6 Å². The molecule has 21 heavy (non-hydrogen) atoms. The van der Waals surface area contributed by atoms with E-state index in [1.807, 2.05) is 0 Å². The van der Waals surface area contributed by atoms with Gasteiger partial charge in [0, 0.05) is 11.9 Å². The zero-order valence-electron chi connectivity index (χ0n) is 11.0. The summed E-state index contributed by atoms with van der Waals surface area (Å²) in [4.78, 5) is 11.9. The number of aromatic nitrogens is 2. The Hall–Kier alpha value is -1.96. The first-order valence-electron chi connectivity index (χ1n) is 5.97. The van der Waals surface area contributed by atoms with Gasteiger partial charge in [0.15, 0.2) is 0 Å². The summed E-state index contributed by atoms with van der Waals surface area (Å²) in [5.74, 6) is -0.215. The van der Waals surface area contributed by atoms with E-state index < -0.39 is 6.61 Å². The third-order valence-electron chi connectivity index (χ3n) is 2.60. The largest absolute Gasteiger partial charge is 0.435 e. The molecule has 0 bridgehead atoms. The molecule has 0 fully saturated rings. The van der Waals surface area contributed by atoms with E-state index in [0.29, 0.717) is 11.3 Å². The average molecular weight is 360 g/mol. The highest BCUT2D eigenvalue weighted by Gasteiger charge is 2.09. The van der Waals surface area contributed by atoms with E-state index >= 15 is 0 Å². The van der Waals surface area contributed by atoms with Crippen molar-refractivity contribution in [1.29, 1.82) is 0 Å². The van der Waals surface area contributed by atoms with Crippen molar-refractivity contribution in [2.75, 3.05) is 5.32 Å². The fraction of sp³-hybridized carbons (Fsp3) is 0.231. The third kappa shape index (κ3) is 4.52. The van der Waals surface area contributed by atoms with Crippen LogP contribution < -0.4 is 10.1 Å². The van der Waals surface area contributed by atoms with Crippen LogP contribution in [0.1, 0.15) is 5.56 Å². The van der Waals surface area contributed by atoms with Crippen molar-refractivity contribution in [1.82, 2.24) is 9.78 Å². The molecule has 8 heteroatoms. The first-order valence-corrected chi connectivity index (χ1v) is 6.76. The maximum atomic E-state index is 12.1. The van der Waals surface area contributed by atoms with Gasteiger partial charge in [0.05, 0.1) is 10.7 Å². The van der Waals surface area contributed by atoms with Crippen LogP contribution in [-0.4, -0.2) is 22.3 Å². The molecule has 2 rings (SSSR count). The van der Waals surface area contributed by atoms with Crippen molar-refractivity contribution in [3.63, 3.8) is 0 Å². The van der Waals surface area contributed by atoms with E-state index in [0.717, 1.165) is 4.47 Å². The quantitative estimate of drug-likeness (QED) is 0.891. The van der Waals surface area contributed by atoms with Gasteiger partial charge >= 0.3 is 6.61 Å². The number of nitrogens with zero attached hydrogens (tertiary/aromatic N) is 2. The summed E-state index contributed by atoms with van der Waals surface area (Å²) in [5.41, 5.74) is 1.16. The van der Waals surface area contributed by atoms with Crippen LogP contribution >= 0.6 is 15.9 Å². The molecule has 0 radical (unpaired) electrons. The predicted molar refractivity (Wildman–Crippen MR) is 76.4 cm³/mol. The van der Waals surface area contributed by atoms with Gasteiger partial charge in [-0.25, -0.2) is 0 Å². The number of aryl methyl sites for hydroxylation is 1. The van der Waals surface area contributed by atoms with Crippen LogP contribution in [0.3, 0.4) is 0 Å². The minimum Gasteiger partial charge on any atom is -0.435 e. The molecule has 5 nitrogen and oxygen atoms in total. The van der Waals surface area contributed by atoms with Crippen molar-refractivity contribution < 1.29 is 18.3 Å². The summed E-state index contributed by atoms with van der Waals surface area (Å²) in [5, 5.41) is 6.66. The van der Waals surface area contributed by atoms with Gasteiger partial charge in [0.2, 0.25) is 5.91 Å². The Morgan fingerprint density at radius 2 is 2.29 bits per heavy atom. The van der Waals surface area contributed by atoms with E-state index in [1.54, 1.807) is 19.3 Å². The Morgan fingerprint density at radius 3 is 2.86 bits per heavy atom. The summed E-state index contributed by atoms with van der Waals surface area (Å²) >= 11 is 3.24. The summed E-state index contributed by atoms with van der Waals surface area (Å²) in [6.07, 6.45) is 3.25. The van der Waals surface area contributed by atoms with E-state index in [9.17, 15) is 13.6 Å². The summed E-state index contributed by atoms with van der Waals surface area (Å²) < 4.78 is 30.7. The first kappa shape index (κ1) is 15.4. The lowest BCUT2D eigenvalue weighted by Gasteiger charge is -2.11. The molecule has 0 saturated carbocycles. The Morgan fingerprint density at radius 1 is 1.52 bits per heavy atom. The molecule has 0 unspecified atom stereocenters. The minimum atomic E-state index is -2.87. The average Bonchev–Trinajstić information content (AvgIpc) is 2.77. The number of nitrogens with one attached hydrogen (secondary N) is 1. The number of ether oxygens (including phenoxy) is 1. The van der Waals surface area contributed by atoms with Crippen molar-refractivity contribution in [2.45, 2.75) is 20.1 Å². The van der Waals surface area contributed by atoms with Gasteiger partial charge < -0.3 is 10.1 Å². The van der Waals surface area contributed by atoms with Gasteiger partial charge in [0.1, 0.15) is 12.3 Å². The second-order valence-corrected chi connectivity index (χ2v) is 5.18. The lowest BCUT2D eigenvalue weighted by Crippen LogP contribution is -2.19. The Bertz CT molecular complexity index is 646. The highest BCUT2D eigenvalue weighted by atomic mass is 79.9. The lowest BCUT2D eigenvalue weighted by molar-refractivity contribution is -0.116. The monoisotopic (exact) mass is 359 g/mol. The molecule has 0 atom stereocenters. The van der Waals surface area contributed by atoms with Gasteiger partial charge in [-0.2, -0.15) is 13.9 Å². The number of alkyl halides is 2. The number of halogens is 3.